The van der Waals surface area contributed by atoms with E-state index in [1.165, 1.54) is 0 Å². The zero-order chi connectivity index (χ0) is 18.4. The number of carbonyl (C=O) groups is 1. The molecule has 140 valence electrons. The van der Waals surface area contributed by atoms with Crippen LogP contribution in [0.2, 0.25) is 0 Å². The van der Waals surface area contributed by atoms with Gasteiger partial charge in [0.1, 0.15) is 6.54 Å². The van der Waals surface area contributed by atoms with E-state index < -0.39 is 10.0 Å². The molecule has 1 amide bonds. The number of fused-ring (bicyclic) bond motifs is 1. The normalized spacial score (nSPS) is 13.1. The molecule has 0 atom stereocenters. The Morgan fingerprint density at radius 1 is 1.24 bits per heavy atom. The molecule has 0 unspecified atom stereocenters. The van der Waals surface area contributed by atoms with Gasteiger partial charge >= 0.3 is 0 Å². The molecule has 25 heavy (non-hydrogen) atoms. The van der Waals surface area contributed by atoms with Gasteiger partial charge in [0.15, 0.2) is 11.5 Å². The molecule has 2 rings (SSSR count). The van der Waals surface area contributed by atoms with E-state index in [-0.39, 0.29) is 25.0 Å². The predicted octanol–water partition coefficient (Wildman–Crippen LogP) is 0.639. The van der Waals surface area contributed by atoms with Gasteiger partial charge < -0.3 is 19.7 Å². The van der Waals surface area contributed by atoms with E-state index in [0.29, 0.717) is 23.7 Å². The van der Waals surface area contributed by atoms with Crippen molar-refractivity contribution in [3.05, 3.63) is 18.2 Å². The number of benzene rings is 1. The van der Waals surface area contributed by atoms with Gasteiger partial charge in [0.2, 0.25) is 22.7 Å². The van der Waals surface area contributed by atoms with Crippen LogP contribution < -0.4 is 19.1 Å². The number of sulfonamides is 1. The number of hydrogen-bond acceptors (Lipinski definition) is 6. The first-order valence-corrected chi connectivity index (χ1v) is 9.76. The number of nitrogens with one attached hydrogen (secondary N) is 1. The zero-order valence-electron chi connectivity index (χ0n) is 14.8. The van der Waals surface area contributed by atoms with Crippen molar-refractivity contribution in [3.8, 4) is 11.5 Å². The van der Waals surface area contributed by atoms with Crippen LogP contribution in [-0.2, 0) is 14.8 Å². The number of nitrogens with zero attached hydrogens (tertiary/aromatic N) is 2. The monoisotopic (exact) mass is 371 g/mol. The minimum atomic E-state index is -3.60. The summed E-state index contributed by atoms with van der Waals surface area (Å²) in [5.41, 5.74) is 0.384. The Morgan fingerprint density at radius 2 is 1.96 bits per heavy atom. The molecule has 0 aromatic heterocycles. The van der Waals surface area contributed by atoms with E-state index in [4.69, 9.17) is 9.47 Å². The van der Waals surface area contributed by atoms with Crippen LogP contribution in [-0.4, -0.2) is 65.5 Å². The third-order valence-corrected chi connectivity index (χ3v) is 5.48. The predicted molar refractivity (Wildman–Crippen MR) is 95.6 cm³/mol. The highest BCUT2D eigenvalue weighted by molar-refractivity contribution is 7.92. The molecule has 0 saturated heterocycles. The minimum Gasteiger partial charge on any atom is -0.454 e. The summed E-state index contributed by atoms with van der Waals surface area (Å²) in [6.45, 7) is 2.73. The molecule has 0 radical (unpaired) electrons. The third kappa shape index (κ3) is 5.23. The Kier molecular flexibility index (Phi) is 6.49. The molecule has 0 fully saturated rings. The lowest BCUT2D eigenvalue weighted by Crippen LogP contribution is -2.42. The fourth-order valence-corrected chi connectivity index (χ4v) is 3.42. The van der Waals surface area contributed by atoms with E-state index in [0.717, 1.165) is 17.3 Å². The maximum absolute atomic E-state index is 12.4. The van der Waals surface area contributed by atoms with Crippen LogP contribution in [0.15, 0.2) is 18.2 Å². The summed E-state index contributed by atoms with van der Waals surface area (Å²) in [7, 11) is 0.309. The van der Waals surface area contributed by atoms with E-state index in [9.17, 15) is 13.2 Å². The molecular formula is C16H25N3O5S. The van der Waals surface area contributed by atoms with Gasteiger partial charge in [0, 0.05) is 12.6 Å². The van der Waals surface area contributed by atoms with Gasteiger partial charge in [-0.25, -0.2) is 8.42 Å². The van der Waals surface area contributed by atoms with Gasteiger partial charge in [-0.05, 0) is 46.1 Å². The molecule has 0 aliphatic carbocycles. The van der Waals surface area contributed by atoms with Crippen LogP contribution in [0.1, 0.15) is 13.3 Å². The van der Waals surface area contributed by atoms with Crippen molar-refractivity contribution >= 4 is 21.6 Å². The molecule has 0 bridgehead atoms. The van der Waals surface area contributed by atoms with Crippen LogP contribution in [0.5, 0.6) is 11.5 Å². The van der Waals surface area contributed by atoms with Crippen LogP contribution in [0.25, 0.3) is 0 Å². The smallest absolute Gasteiger partial charge is 0.240 e. The lowest BCUT2D eigenvalue weighted by Gasteiger charge is -2.23. The summed E-state index contributed by atoms with van der Waals surface area (Å²) in [5.74, 6) is 0.592. The number of amides is 1. The van der Waals surface area contributed by atoms with Crippen molar-refractivity contribution in [1.82, 2.24) is 10.2 Å². The summed E-state index contributed by atoms with van der Waals surface area (Å²) < 4.78 is 36.5. The molecular weight excluding hydrogens is 346 g/mol. The van der Waals surface area contributed by atoms with Crippen molar-refractivity contribution in [2.75, 3.05) is 50.6 Å². The number of hydrogen-bond donors (Lipinski definition) is 1. The second-order valence-corrected chi connectivity index (χ2v) is 8.13. The molecule has 1 aliphatic heterocycles. The molecule has 1 aromatic carbocycles. The van der Waals surface area contributed by atoms with E-state index in [1.54, 1.807) is 25.1 Å². The molecule has 0 saturated carbocycles. The average Bonchev–Trinajstić information content (AvgIpc) is 3.03. The molecule has 1 heterocycles. The van der Waals surface area contributed by atoms with Crippen LogP contribution >= 0.6 is 0 Å². The van der Waals surface area contributed by atoms with Gasteiger partial charge in [0.25, 0.3) is 0 Å². The van der Waals surface area contributed by atoms with Gasteiger partial charge in [0.05, 0.1) is 11.4 Å². The van der Waals surface area contributed by atoms with Gasteiger partial charge in [-0.1, -0.05) is 0 Å². The maximum atomic E-state index is 12.4. The Labute approximate surface area is 148 Å². The Morgan fingerprint density at radius 3 is 2.64 bits per heavy atom. The minimum absolute atomic E-state index is 0.102. The Hall–Kier alpha value is -2.00. The highest BCUT2D eigenvalue weighted by Gasteiger charge is 2.25. The number of anilines is 1. The SMILES string of the molecule is CCS(=O)(=O)N(CC(=O)NCCCN(C)C)c1ccc2c(c1)OCO2. The second-order valence-electron chi connectivity index (χ2n) is 5.95. The maximum Gasteiger partial charge on any atom is 0.240 e. The van der Waals surface area contributed by atoms with E-state index >= 15 is 0 Å². The molecule has 1 aromatic rings. The molecule has 9 heteroatoms. The van der Waals surface area contributed by atoms with Crippen molar-refractivity contribution in [1.29, 1.82) is 0 Å². The molecule has 8 nitrogen and oxygen atoms in total. The highest BCUT2D eigenvalue weighted by atomic mass is 32.2. The number of rotatable bonds is 9. The topological polar surface area (TPSA) is 88.2 Å². The standard InChI is InChI=1S/C16H25N3O5S/c1-4-25(21,22)19(11-16(20)17-8-5-9-18(2)3)13-6-7-14-15(10-13)24-12-23-14/h6-7,10H,4-5,8-9,11-12H2,1-3H3,(H,17,20). The van der Waals surface area contributed by atoms with Gasteiger partial charge in [-0.2, -0.15) is 0 Å². The summed E-state index contributed by atoms with van der Waals surface area (Å²) in [6.07, 6.45) is 0.795. The first-order valence-electron chi connectivity index (χ1n) is 8.15. The Balaban J connectivity index is 2.08. The summed E-state index contributed by atoms with van der Waals surface area (Å²) in [4.78, 5) is 14.2. The van der Waals surface area contributed by atoms with Crippen molar-refractivity contribution in [2.24, 2.45) is 0 Å². The van der Waals surface area contributed by atoms with Crippen molar-refractivity contribution in [3.63, 3.8) is 0 Å². The van der Waals surface area contributed by atoms with Crippen molar-refractivity contribution in [2.45, 2.75) is 13.3 Å². The lowest BCUT2D eigenvalue weighted by atomic mass is 10.2. The number of carbonyl (C=O) groups excluding carboxylic acids is 1. The fourth-order valence-electron chi connectivity index (χ4n) is 2.36. The molecule has 0 spiro atoms. The first kappa shape index (κ1) is 19.3. The second kappa shape index (κ2) is 8.39. The summed E-state index contributed by atoms with van der Waals surface area (Å²) in [5, 5.41) is 2.76. The average molecular weight is 371 g/mol. The largest absolute Gasteiger partial charge is 0.454 e. The van der Waals surface area contributed by atoms with Crippen LogP contribution in [0.3, 0.4) is 0 Å². The van der Waals surface area contributed by atoms with E-state index in [2.05, 4.69) is 5.32 Å². The summed E-state index contributed by atoms with van der Waals surface area (Å²) in [6, 6.07) is 4.83. The Bertz CT molecular complexity index is 706. The van der Waals surface area contributed by atoms with Crippen LogP contribution in [0.4, 0.5) is 5.69 Å². The quantitative estimate of drug-likeness (QED) is 0.641. The lowest BCUT2D eigenvalue weighted by molar-refractivity contribution is -0.119. The van der Waals surface area contributed by atoms with Gasteiger partial charge in [-0.3, -0.25) is 9.10 Å². The van der Waals surface area contributed by atoms with Gasteiger partial charge in [-0.15, -0.1) is 0 Å². The van der Waals surface area contributed by atoms with Crippen LogP contribution in [0, 0.1) is 0 Å². The summed E-state index contributed by atoms with van der Waals surface area (Å²) >= 11 is 0. The van der Waals surface area contributed by atoms with E-state index in [1.807, 2.05) is 19.0 Å². The fraction of sp³-hybridized carbons (Fsp3) is 0.562. The molecule has 1 N–H and O–H groups in total. The number of ether oxygens (including phenoxy) is 2. The zero-order valence-corrected chi connectivity index (χ0v) is 15.6. The van der Waals surface area contributed by atoms with Crippen molar-refractivity contribution < 1.29 is 22.7 Å². The highest BCUT2D eigenvalue weighted by Crippen LogP contribution is 2.36. The first-order chi connectivity index (χ1) is 11.8. The third-order valence-electron chi connectivity index (χ3n) is 3.74. The molecule has 1 aliphatic rings.